The van der Waals surface area contributed by atoms with E-state index >= 15 is 0 Å². The Morgan fingerprint density at radius 2 is 1.22 bits per heavy atom. The van der Waals surface area contributed by atoms with Crippen LogP contribution in [0.3, 0.4) is 0 Å². The van der Waals surface area contributed by atoms with E-state index in [4.69, 9.17) is 0 Å². The van der Waals surface area contributed by atoms with E-state index in [1.54, 1.807) is 28.2 Å². The van der Waals surface area contributed by atoms with Crippen LogP contribution in [0.5, 0.6) is 0 Å². The van der Waals surface area contributed by atoms with Crippen molar-refractivity contribution in [3.8, 4) is 0 Å². The number of rotatable bonds is 0. The zero-order valence-corrected chi connectivity index (χ0v) is 7.92. The van der Waals surface area contributed by atoms with Crippen LogP contribution < -0.4 is 0 Å². The zero-order chi connectivity index (χ0) is 6.73. The fourth-order valence-electron chi connectivity index (χ4n) is 0.400. The summed E-state index contributed by atoms with van der Waals surface area (Å²) in [5.41, 5.74) is 0. The molecule has 9 heavy (non-hydrogen) atoms. The summed E-state index contributed by atoms with van der Waals surface area (Å²) >= 11 is 0. The summed E-state index contributed by atoms with van der Waals surface area (Å²) < 4.78 is 0. The van der Waals surface area contributed by atoms with Gasteiger partial charge in [-0.05, 0) is 0 Å². The van der Waals surface area contributed by atoms with E-state index in [-0.39, 0.29) is 15.9 Å². The van der Waals surface area contributed by atoms with Crippen molar-refractivity contribution >= 4 is 15.9 Å². The van der Waals surface area contributed by atoms with Crippen molar-refractivity contribution in [1.82, 2.24) is 9.80 Å². The molecule has 0 aromatic carbocycles. The maximum absolute atomic E-state index is 10.7. The topological polar surface area (TPSA) is 23.6 Å². The van der Waals surface area contributed by atoms with Gasteiger partial charge in [-0.1, -0.05) is 0 Å². The average molecular weight is 150 g/mol. The van der Waals surface area contributed by atoms with Crippen molar-refractivity contribution in [2.45, 2.75) is 0 Å². The number of urea groups is 1. The minimum atomic E-state index is 0. The highest BCUT2D eigenvalue weighted by Gasteiger charge is 2.02. The summed E-state index contributed by atoms with van der Waals surface area (Å²) in [6.07, 6.45) is 0. The van der Waals surface area contributed by atoms with Gasteiger partial charge in [0.05, 0.1) is 0 Å². The van der Waals surface area contributed by atoms with Crippen LogP contribution in [0, 0.1) is 0 Å². The molecule has 0 saturated carbocycles. The second kappa shape index (κ2) is 4.57. The molecule has 0 aliphatic heterocycles. The summed E-state index contributed by atoms with van der Waals surface area (Å²) in [5, 5.41) is 0. The van der Waals surface area contributed by atoms with E-state index in [2.05, 4.69) is 0 Å². The first-order valence-corrected chi connectivity index (χ1v) is 2.44. The molecule has 0 spiro atoms. The molecule has 56 valence electrons. The quantitative estimate of drug-likeness (QED) is 0.455. The highest BCUT2D eigenvalue weighted by molar-refractivity contribution is 6.92. The van der Waals surface area contributed by atoms with Gasteiger partial charge >= 0.3 is 6.03 Å². The lowest BCUT2D eigenvalue weighted by atomic mass is 10.7. The first-order chi connectivity index (χ1) is 3.55. The number of hydrogen-bond donors (Lipinski definition) is 0. The summed E-state index contributed by atoms with van der Waals surface area (Å²) in [6.45, 7) is 0. The molecule has 3 nitrogen and oxygen atoms in total. The molecule has 0 aliphatic carbocycles. The van der Waals surface area contributed by atoms with Crippen molar-refractivity contribution in [1.29, 1.82) is 0 Å². The molecule has 0 aromatic rings. The Kier molecular flexibility index (Phi) is 5.83. The van der Waals surface area contributed by atoms with Crippen molar-refractivity contribution in [2.24, 2.45) is 0 Å². The molecule has 0 heterocycles. The van der Waals surface area contributed by atoms with Crippen LogP contribution in [0.15, 0.2) is 0 Å². The summed E-state index contributed by atoms with van der Waals surface area (Å²) in [7, 11) is 6.90. The van der Waals surface area contributed by atoms with Gasteiger partial charge in [0.25, 0.3) is 0 Å². The average Bonchev–Trinajstić information content (AvgIpc) is 1.64. The van der Waals surface area contributed by atoms with Gasteiger partial charge in [0.2, 0.25) is 0 Å². The third-order valence-electron chi connectivity index (χ3n) is 0.765. The zero-order valence-electron chi connectivity index (χ0n) is 6.51. The summed E-state index contributed by atoms with van der Waals surface area (Å²) in [4.78, 5) is 13.8. The van der Waals surface area contributed by atoms with Crippen LogP contribution >= 0.6 is 9.90 Å². The Labute approximate surface area is 59.6 Å². The molecular formula is C5H15N2OP. The smallest absolute Gasteiger partial charge is 0.318 e. The van der Waals surface area contributed by atoms with E-state index < -0.39 is 0 Å². The lowest BCUT2D eigenvalue weighted by Crippen LogP contribution is -2.33. The lowest BCUT2D eigenvalue weighted by Gasteiger charge is -2.16. The van der Waals surface area contributed by atoms with Crippen LogP contribution in [0.1, 0.15) is 0 Å². The van der Waals surface area contributed by atoms with Gasteiger partial charge in [0, 0.05) is 28.2 Å². The number of carbonyl (C=O) groups excluding carboxylic acids is 1. The number of hydrogen-bond acceptors (Lipinski definition) is 1. The molecule has 0 bridgehead atoms. The van der Waals surface area contributed by atoms with Gasteiger partial charge in [-0.15, -0.1) is 0 Å². The first kappa shape index (κ1) is 11.5. The van der Waals surface area contributed by atoms with Crippen molar-refractivity contribution in [2.75, 3.05) is 28.2 Å². The van der Waals surface area contributed by atoms with E-state index in [1.165, 1.54) is 9.80 Å². The van der Waals surface area contributed by atoms with Gasteiger partial charge in [0.15, 0.2) is 0 Å². The Balaban J connectivity index is 0. The Hall–Kier alpha value is -0.300. The predicted octanol–water partition coefficient (Wildman–Crippen LogP) is 0.288. The highest BCUT2D eigenvalue weighted by Crippen LogP contribution is 1.83. The van der Waals surface area contributed by atoms with Crippen LogP contribution in [-0.4, -0.2) is 44.0 Å². The van der Waals surface area contributed by atoms with Gasteiger partial charge < -0.3 is 9.80 Å². The Morgan fingerprint density at radius 1 is 1.00 bits per heavy atom. The van der Waals surface area contributed by atoms with Crippen molar-refractivity contribution in [3.05, 3.63) is 0 Å². The monoisotopic (exact) mass is 150 g/mol. The molecule has 0 saturated heterocycles. The maximum Gasteiger partial charge on any atom is 0.318 e. The molecule has 1 atom stereocenters. The highest BCUT2D eigenvalue weighted by atomic mass is 31.0. The van der Waals surface area contributed by atoms with E-state index in [1.807, 2.05) is 0 Å². The third kappa shape index (κ3) is 4.22. The second-order valence-corrected chi connectivity index (χ2v) is 2.07. The third-order valence-corrected chi connectivity index (χ3v) is 0.765. The lowest BCUT2D eigenvalue weighted by molar-refractivity contribution is 0.191. The van der Waals surface area contributed by atoms with Gasteiger partial charge in [-0.2, -0.15) is 9.90 Å². The minimum absolute atomic E-state index is 0. The molecule has 1 unspecified atom stereocenters. The molecule has 0 fully saturated rings. The molecular weight excluding hydrogens is 135 g/mol. The molecule has 2 amide bonds. The fraction of sp³-hybridized carbons (Fsp3) is 0.800. The Morgan fingerprint density at radius 3 is 1.22 bits per heavy atom. The second-order valence-electron chi connectivity index (χ2n) is 2.07. The predicted molar refractivity (Wildman–Crippen MR) is 43.9 cm³/mol. The fourth-order valence-corrected chi connectivity index (χ4v) is 0.400. The standard InChI is InChI=1S/C5H12N2O.H3P/c1-6(2)5(8)7(3)4;/h1-4H3;1H3. The van der Waals surface area contributed by atoms with Crippen LogP contribution in [0.25, 0.3) is 0 Å². The van der Waals surface area contributed by atoms with Crippen molar-refractivity contribution in [3.63, 3.8) is 0 Å². The van der Waals surface area contributed by atoms with E-state index in [0.29, 0.717) is 0 Å². The minimum Gasteiger partial charge on any atom is -0.331 e. The van der Waals surface area contributed by atoms with Crippen LogP contribution in [0.4, 0.5) is 4.79 Å². The normalized spacial score (nSPS) is 7.56. The first-order valence-electron chi connectivity index (χ1n) is 2.44. The number of amides is 2. The summed E-state index contributed by atoms with van der Waals surface area (Å²) in [5.74, 6) is 0. The molecule has 0 N–H and O–H groups in total. The Bertz CT molecular complexity index is 83.0. The van der Waals surface area contributed by atoms with Gasteiger partial charge in [0.1, 0.15) is 0 Å². The molecule has 0 aliphatic rings. The molecule has 4 heteroatoms. The number of carbonyl (C=O) groups is 1. The van der Waals surface area contributed by atoms with Crippen LogP contribution in [0.2, 0.25) is 0 Å². The molecule has 0 rings (SSSR count). The van der Waals surface area contributed by atoms with Gasteiger partial charge in [-0.3, -0.25) is 0 Å². The summed E-state index contributed by atoms with van der Waals surface area (Å²) in [6, 6.07) is 0.0185. The molecule has 0 radical (unpaired) electrons. The van der Waals surface area contributed by atoms with Crippen LogP contribution in [-0.2, 0) is 0 Å². The number of nitrogens with zero attached hydrogens (tertiary/aromatic N) is 2. The van der Waals surface area contributed by atoms with E-state index in [9.17, 15) is 4.79 Å². The molecule has 0 aromatic heterocycles. The van der Waals surface area contributed by atoms with Crippen molar-refractivity contribution < 1.29 is 4.79 Å². The maximum atomic E-state index is 10.7. The SMILES string of the molecule is CN(C)C(=O)N(C)C.P. The van der Waals surface area contributed by atoms with Gasteiger partial charge in [-0.25, -0.2) is 4.79 Å². The largest absolute Gasteiger partial charge is 0.331 e. The van der Waals surface area contributed by atoms with E-state index in [0.717, 1.165) is 0 Å².